The highest BCUT2D eigenvalue weighted by Crippen LogP contribution is 2.27. The van der Waals surface area contributed by atoms with Crippen LogP contribution in [0.4, 0.5) is 4.79 Å². The predicted molar refractivity (Wildman–Crippen MR) is 134 cm³/mol. The lowest BCUT2D eigenvalue weighted by Crippen LogP contribution is -2.56. The molecule has 1 aliphatic carbocycles. The van der Waals surface area contributed by atoms with Crippen molar-refractivity contribution < 1.29 is 32.6 Å². The number of amides is 3. The number of ether oxygens (including phenoxy) is 1. The number of piperidine rings is 1. The number of carbonyl (C=O) groups excluding carboxylic acids is 2. The Morgan fingerprint density at radius 1 is 1.16 bits per heavy atom. The van der Waals surface area contributed by atoms with Crippen molar-refractivity contribution in [2.75, 3.05) is 59.0 Å². The first-order valence-corrected chi connectivity index (χ1v) is 14.0. The molecule has 37 heavy (non-hydrogen) atoms. The summed E-state index contributed by atoms with van der Waals surface area (Å²) in [5.74, 6) is 4.40. The second-order valence-corrected chi connectivity index (χ2v) is 11.2. The summed E-state index contributed by atoms with van der Waals surface area (Å²) in [6, 6.07) is -1.44. The van der Waals surface area contributed by atoms with E-state index in [9.17, 15) is 22.8 Å². The third kappa shape index (κ3) is 9.28. The number of rotatable bonds is 13. The van der Waals surface area contributed by atoms with Crippen LogP contribution in [0, 0.1) is 5.92 Å². The Hall–Kier alpha value is -2.69. The van der Waals surface area contributed by atoms with Crippen LogP contribution in [0.1, 0.15) is 32.1 Å². The first-order chi connectivity index (χ1) is 17.7. The van der Waals surface area contributed by atoms with Crippen molar-refractivity contribution in [3.8, 4) is 0 Å². The van der Waals surface area contributed by atoms with Gasteiger partial charge in [0.2, 0.25) is 11.8 Å². The average molecular weight is 547 g/mol. The van der Waals surface area contributed by atoms with E-state index in [0.717, 1.165) is 32.2 Å². The molecule has 15 nitrogen and oxygen atoms in total. The molecular weight excluding hydrogens is 508 g/mol. The zero-order valence-corrected chi connectivity index (χ0v) is 21.7. The fraction of sp³-hybridized carbons (Fsp3) is 0.810. The van der Waals surface area contributed by atoms with Crippen molar-refractivity contribution in [3.63, 3.8) is 0 Å². The van der Waals surface area contributed by atoms with Gasteiger partial charge in [-0.3, -0.25) is 9.59 Å². The highest BCUT2D eigenvalue weighted by Gasteiger charge is 2.39. The van der Waals surface area contributed by atoms with Crippen LogP contribution in [-0.2, 0) is 24.5 Å². The molecule has 0 aromatic carbocycles. The van der Waals surface area contributed by atoms with E-state index >= 15 is 0 Å². The SMILES string of the molecule is NN=CN1CCC[C@@H](CNC(=O)C[C@H](NS(=O)(=O)N2CCOCC2)C(=O)N(CCNC(=O)O)C2CC2)C1. The Balaban J connectivity index is 1.66. The van der Waals surface area contributed by atoms with Crippen molar-refractivity contribution in [1.29, 1.82) is 0 Å². The van der Waals surface area contributed by atoms with E-state index in [1.165, 1.54) is 9.21 Å². The van der Waals surface area contributed by atoms with E-state index in [0.29, 0.717) is 13.1 Å². The van der Waals surface area contributed by atoms with Crippen LogP contribution in [0.2, 0.25) is 0 Å². The highest BCUT2D eigenvalue weighted by atomic mass is 32.2. The average Bonchev–Trinajstić information content (AvgIpc) is 3.71. The molecule has 0 radical (unpaired) electrons. The van der Waals surface area contributed by atoms with Crippen LogP contribution >= 0.6 is 0 Å². The summed E-state index contributed by atoms with van der Waals surface area (Å²) in [5, 5.41) is 17.5. The number of hydrazone groups is 1. The standard InChI is InChI=1S/C21H38N8O7S/c22-25-15-27-6-1-2-16(14-27)13-24-19(30)12-18(26-37(34,35)28-8-10-36-11-9-28)20(31)29(17-3-4-17)7-5-23-21(32)33/h15-18,23,26H,1-14,22H2,(H,24,30)(H,32,33)/t16-,18-/m0/s1. The number of carboxylic acid groups (broad SMARTS) is 1. The molecule has 0 unspecified atom stereocenters. The minimum atomic E-state index is -4.06. The smallest absolute Gasteiger partial charge is 0.404 e. The van der Waals surface area contributed by atoms with Crippen LogP contribution in [-0.4, -0.2) is 123 Å². The minimum Gasteiger partial charge on any atom is -0.465 e. The normalized spacial score (nSPS) is 21.9. The number of likely N-dealkylation sites (tertiary alicyclic amines) is 1. The molecule has 16 heteroatoms. The molecular formula is C21H38N8O7S. The van der Waals surface area contributed by atoms with E-state index in [1.54, 1.807) is 6.34 Å². The fourth-order valence-corrected chi connectivity index (χ4v) is 5.86. The second kappa shape index (κ2) is 13.7. The van der Waals surface area contributed by atoms with Gasteiger partial charge in [-0.25, -0.2) is 4.79 Å². The van der Waals surface area contributed by atoms with Crippen molar-refractivity contribution in [2.45, 2.75) is 44.2 Å². The lowest BCUT2D eigenvalue weighted by atomic mass is 9.98. The third-order valence-corrected chi connectivity index (χ3v) is 8.18. The van der Waals surface area contributed by atoms with E-state index in [2.05, 4.69) is 20.5 Å². The summed E-state index contributed by atoms with van der Waals surface area (Å²) in [6.07, 6.45) is 3.27. The van der Waals surface area contributed by atoms with Gasteiger partial charge in [0.25, 0.3) is 10.2 Å². The number of morpholine rings is 1. The molecule has 3 rings (SSSR count). The topological polar surface area (TPSA) is 199 Å². The maximum Gasteiger partial charge on any atom is 0.404 e. The Bertz CT molecular complexity index is 924. The molecule has 3 aliphatic rings. The van der Waals surface area contributed by atoms with Crippen molar-refractivity contribution in [2.24, 2.45) is 16.9 Å². The molecule has 0 aromatic rings. The number of nitrogens with one attached hydrogen (secondary N) is 3. The zero-order valence-electron chi connectivity index (χ0n) is 20.9. The van der Waals surface area contributed by atoms with Gasteiger partial charge in [-0.2, -0.15) is 22.5 Å². The third-order valence-electron chi connectivity index (χ3n) is 6.56. The lowest BCUT2D eigenvalue weighted by molar-refractivity contribution is -0.136. The van der Waals surface area contributed by atoms with E-state index in [4.69, 9.17) is 15.7 Å². The zero-order chi connectivity index (χ0) is 26.8. The van der Waals surface area contributed by atoms with Crippen LogP contribution in [0.15, 0.2) is 5.10 Å². The molecule has 2 atom stereocenters. The van der Waals surface area contributed by atoms with E-state index in [-0.39, 0.29) is 57.8 Å². The molecule has 210 valence electrons. The molecule has 2 heterocycles. The fourth-order valence-electron chi connectivity index (χ4n) is 4.54. The lowest BCUT2D eigenvalue weighted by Gasteiger charge is -2.32. The molecule has 2 aliphatic heterocycles. The molecule has 3 amide bonds. The van der Waals surface area contributed by atoms with Gasteiger partial charge in [-0.1, -0.05) is 0 Å². The summed E-state index contributed by atoms with van der Waals surface area (Å²) in [6.45, 7) is 2.72. The summed E-state index contributed by atoms with van der Waals surface area (Å²) < 4.78 is 34.9. The van der Waals surface area contributed by atoms with Crippen molar-refractivity contribution >= 4 is 34.5 Å². The van der Waals surface area contributed by atoms with Crippen molar-refractivity contribution in [1.82, 2.24) is 29.5 Å². The molecule has 6 N–H and O–H groups in total. The molecule has 0 aromatic heterocycles. The van der Waals surface area contributed by atoms with Gasteiger partial charge in [0, 0.05) is 51.9 Å². The quantitative estimate of drug-likeness (QED) is 0.0743. The summed E-state index contributed by atoms with van der Waals surface area (Å²) in [5.41, 5.74) is 0. The molecule has 2 saturated heterocycles. The first-order valence-electron chi connectivity index (χ1n) is 12.6. The van der Waals surface area contributed by atoms with E-state index in [1.807, 2.05) is 4.90 Å². The van der Waals surface area contributed by atoms with Gasteiger partial charge in [0.1, 0.15) is 12.4 Å². The predicted octanol–water partition coefficient (Wildman–Crippen LogP) is -2.10. The number of carbonyl (C=O) groups is 3. The van der Waals surface area contributed by atoms with Crippen LogP contribution < -0.4 is 21.2 Å². The molecule has 0 spiro atoms. The number of hydrogen-bond acceptors (Lipinski definition) is 8. The summed E-state index contributed by atoms with van der Waals surface area (Å²) in [7, 11) is -4.06. The Kier molecular flexibility index (Phi) is 10.7. The molecule has 1 saturated carbocycles. The van der Waals surface area contributed by atoms with E-state index < -0.39 is 34.2 Å². The molecule has 3 fully saturated rings. The molecule has 0 bridgehead atoms. The largest absolute Gasteiger partial charge is 0.465 e. The van der Waals surface area contributed by atoms with Crippen LogP contribution in [0.3, 0.4) is 0 Å². The second-order valence-electron chi connectivity index (χ2n) is 9.46. The Morgan fingerprint density at radius 3 is 2.54 bits per heavy atom. The van der Waals surface area contributed by atoms with Gasteiger partial charge in [-0.15, -0.1) is 0 Å². The Morgan fingerprint density at radius 2 is 1.89 bits per heavy atom. The van der Waals surface area contributed by atoms with Gasteiger partial charge < -0.3 is 36.1 Å². The monoisotopic (exact) mass is 546 g/mol. The maximum atomic E-state index is 13.5. The summed E-state index contributed by atoms with van der Waals surface area (Å²) in [4.78, 5) is 40.6. The number of nitrogens with zero attached hydrogens (tertiary/aromatic N) is 4. The van der Waals surface area contributed by atoms with Gasteiger partial charge in [0.05, 0.1) is 19.6 Å². The van der Waals surface area contributed by atoms with Gasteiger partial charge in [-0.05, 0) is 31.6 Å². The maximum absolute atomic E-state index is 13.5. The first kappa shape index (κ1) is 28.9. The van der Waals surface area contributed by atoms with Crippen molar-refractivity contribution in [3.05, 3.63) is 0 Å². The minimum absolute atomic E-state index is 0.00299. The van der Waals surface area contributed by atoms with Gasteiger partial charge in [0.15, 0.2) is 0 Å². The van der Waals surface area contributed by atoms with Crippen LogP contribution in [0.25, 0.3) is 0 Å². The van der Waals surface area contributed by atoms with Crippen LogP contribution in [0.5, 0.6) is 0 Å². The number of hydrogen-bond donors (Lipinski definition) is 5. The number of nitrogens with two attached hydrogens (primary N) is 1. The van der Waals surface area contributed by atoms with Gasteiger partial charge >= 0.3 is 6.09 Å². The summed E-state index contributed by atoms with van der Waals surface area (Å²) >= 11 is 0. The Labute approximate surface area is 216 Å². The highest BCUT2D eigenvalue weighted by molar-refractivity contribution is 7.87.